The quantitative estimate of drug-likeness (QED) is 0.841. The lowest BCUT2D eigenvalue weighted by Crippen LogP contribution is -1.98. The molecular weight excluding hydrogens is 208 g/mol. The van der Waals surface area contributed by atoms with Crippen LogP contribution in [0.15, 0.2) is 29.6 Å². The Labute approximate surface area is 91.2 Å². The fraction of sp³-hybridized carbons (Fsp3) is 0.250. The van der Waals surface area contributed by atoms with Crippen LogP contribution in [-0.2, 0) is 4.79 Å². The zero-order valence-corrected chi connectivity index (χ0v) is 8.83. The minimum Gasteiger partial charge on any atom is -0.481 e. The van der Waals surface area contributed by atoms with Crippen LogP contribution in [0.1, 0.15) is 17.9 Å². The van der Waals surface area contributed by atoms with E-state index < -0.39 is 5.97 Å². The van der Waals surface area contributed by atoms with Gasteiger partial charge in [-0.15, -0.1) is 11.3 Å². The summed E-state index contributed by atoms with van der Waals surface area (Å²) >= 11 is 1.70. The van der Waals surface area contributed by atoms with Crippen LogP contribution in [0.3, 0.4) is 0 Å². The number of carboxylic acid groups (broad SMARTS) is 1. The van der Waals surface area contributed by atoms with Crippen LogP contribution in [0.25, 0.3) is 10.1 Å². The molecule has 76 valence electrons. The number of benzene rings is 1. The van der Waals surface area contributed by atoms with Gasteiger partial charge in [-0.05, 0) is 34.7 Å². The molecule has 15 heavy (non-hydrogen) atoms. The zero-order chi connectivity index (χ0) is 10.4. The van der Waals surface area contributed by atoms with Gasteiger partial charge >= 0.3 is 5.97 Å². The van der Waals surface area contributed by atoms with Crippen molar-refractivity contribution in [2.75, 3.05) is 0 Å². The van der Waals surface area contributed by atoms with Crippen molar-refractivity contribution in [2.45, 2.75) is 12.3 Å². The number of rotatable bonds is 2. The van der Waals surface area contributed by atoms with Gasteiger partial charge in [0.05, 0.1) is 5.92 Å². The largest absolute Gasteiger partial charge is 0.481 e. The maximum atomic E-state index is 10.8. The summed E-state index contributed by atoms with van der Waals surface area (Å²) in [6.45, 7) is 0. The van der Waals surface area contributed by atoms with Crippen LogP contribution in [0.5, 0.6) is 0 Å². The molecular formula is C12H10O2S. The molecule has 1 saturated carbocycles. The van der Waals surface area contributed by atoms with E-state index in [0.717, 1.165) is 6.42 Å². The van der Waals surface area contributed by atoms with Gasteiger partial charge < -0.3 is 5.11 Å². The highest BCUT2D eigenvalue weighted by atomic mass is 32.1. The first-order valence-electron chi connectivity index (χ1n) is 4.96. The first-order valence-corrected chi connectivity index (χ1v) is 5.84. The average Bonchev–Trinajstić information content (AvgIpc) is 2.92. The molecule has 1 aromatic heterocycles. The maximum Gasteiger partial charge on any atom is 0.307 e. The lowest BCUT2D eigenvalue weighted by Gasteiger charge is -1.95. The van der Waals surface area contributed by atoms with Crippen LogP contribution in [0, 0.1) is 5.92 Å². The topological polar surface area (TPSA) is 37.3 Å². The molecule has 3 heteroatoms. The Hall–Kier alpha value is -1.35. The summed E-state index contributed by atoms with van der Waals surface area (Å²) in [4.78, 5) is 10.8. The van der Waals surface area contributed by atoms with Crippen LogP contribution >= 0.6 is 11.3 Å². The van der Waals surface area contributed by atoms with Crippen LogP contribution in [0.4, 0.5) is 0 Å². The summed E-state index contributed by atoms with van der Waals surface area (Å²) in [6, 6.07) is 8.20. The van der Waals surface area contributed by atoms with E-state index in [-0.39, 0.29) is 11.8 Å². The third kappa shape index (κ3) is 1.35. The standard InChI is InChI=1S/C12H10O2S/c13-12(14)9-5-8(9)10-6-15-11-4-2-1-3-7(10)11/h1-4,6,8-9H,5H2,(H,13,14). The summed E-state index contributed by atoms with van der Waals surface area (Å²) in [7, 11) is 0. The zero-order valence-electron chi connectivity index (χ0n) is 8.01. The molecule has 1 aromatic carbocycles. The molecule has 1 aliphatic rings. The molecule has 3 rings (SSSR count). The Balaban J connectivity index is 2.03. The highest BCUT2D eigenvalue weighted by Gasteiger charge is 2.45. The SMILES string of the molecule is O=C(O)C1CC1c1csc2ccccc12. The normalized spacial score (nSPS) is 24.3. The van der Waals surface area contributed by atoms with Gasteiger partial charge in [-0.1, -0.05) is 18.2 Å². The smallest absolute Gasteiger partial charge is 0.307 e. The number of carboxylic acids is 1. The van der Waals surface area contributed by atoms with Gasteiger partial charge in [0.25, 0.3) is 0 Å². The Morgan fingerprint density at radius 3 is 2.93 bits per heavy atom. The first kappa shape index (κ1) is 8.92. The second-order valence-electron chi connectivity index (χ2n) is 3.97. The molecule has 2 atom stereocenters. The minimum atomic E-state index is -0.657. The van der Waals surface area contributed by atoms with Crippen LogP contribution < -0.4 is 0 Å². The third-order valence-electron chi connectivity index (χ3n) is 3.02. The third-order valence-corrected chi connectivity index (χ3v) is 4.00. The monoisotopic (exact) mass is 218 g/mol. The van der Waals surface area contributed by atoms with E-state index in [1.807, 2.05) is 12.1 Å². The first-order chi connectivity index (χ1) is 7.27. The van der Waals surface area contributed by atoms with Crippen LogP contribution in [-0.4, -0.2) is 11.1 Å². The van der Waals surface area contributed by atoms with Gasteiger partial charge in [0.1, 0.15) is 0 Å². The van der Waals surface area contributed by atoms with Gasteiger partial charge in [0.2, 0.25) is 0 Å². The maximum absolute atomic E-state index is 10.8. The van der Waals surface area contributed by atoms with Crippen molar-refractivity contribution in [3.8, 4) is 0 Å². The molecule has 2 nitrogen and oxygen atoms in total. The molecule has 0 amide bonds. The molecule has 0 saturated heterocycles. The van der Waals surface area contributed by atoms with Crippen molar-refractivity contribution in [1.82, 2.24) is 0 Å². The van der Waals surface area contributed by atoms with E-state index in [1.165, 1.54) is 15.6 Å². The van der Waals surface area contributed by atoms with Crippen LogP contribution in [0.2, 0.25) is 0 Å². The molecule has 2 aromatic rings. The van der Waals surface area contributed by atoms with Crippen molar-refractivity contribution >= 4 is 27.4 Å². The van der Waals surface area contributed by atoms with E-state index in [9.17, 15) is 4.79 Å². The number of hydrogen-bond donors (Lipinski definition) is 1. The Morgan fingerprint density at radius 1 is 1.40 bits per heavy atom. The Bertz CT molecular complexity index is 529. The predicted molar refractivity (Wildman–Crippen MR) is 60.3 cm³/mol. The number of hydrogen-bond acceptors (Lipinski definition) is 2. The van der Waals surface area contributed by atoms with Gasteiger partial charge in [-0.3, -0.25) is 4.79 Å². The number of aliphatic carboxylic acids is 1. The van der Waals surface area contributed by atoms with E-state index in [4.69, 9.17) is 5.11 Å². The summed E-state index contributed by atoms with van der Waals surface area (Å²) in [6.07, 6.45) is 0.802. The number of thiophene rings is 1. The van der Waals surface area contributed by atoms with Gasteiger partial charge in [0.15, 0.2) is 0 Å². The minimum absolute atomic E-state index is 0.150. The molecule has 1 heterocycles. The predicted octanol–water partition coefficient (Wildman–Crippen LogP) is 3.09. The average molecular weight is 218 g/mol. The fourth-order valence-electron chi connectivity index (χ4n) is 2.10. The van der Waals surface area contributed by atoms with E-state index >= 15 is 0 Å². The number of fused-ring (bicyclic) bond motifs is 1. The molecule has 2 unspecified atom stereocenters. The molecule has 0 radical (unpaired) electrons. The molecule has 1 N–H and O–H groups in total. The van der Waals surface area contributed by atoms with E-state index in [0.29, 0.717) is 0 Å². The van der Waals surface area contributed by atoms with Crippen molar-refractivity contribution in [1.29, 1.82) is 0 Å². The lowest BCUT2D eigenvalue weighted by molar-refractivity contribution is -0.138. The highest BCUT2D eigenvalue weighted by molar-refractivity contribution is 7.17. The fourth-order valence-corrected chi connectivity index (χ4v) is 3.12. The van der Waals surface area contributed by atoms with Crippen molar-refractivity contribution in [2.24, 2.45) is 5.92 Å². The summed E-state index contributed by atoms with van der Waals surface area (Å²) in [5, 5.41) is 12.2. The van der Waals surface area contributed by atoms with Gasteiger partial charge in [0, 0.05) is 4.70 Å². The van der Waals surface area contributed by atoms with Gasteiger partial charge in [-0.25, -0.2) is 0 Å². The summed E-state index contributed by atoms with van der Waals surface area (Å²) in [5.74, 6) is -0.558. The van der Waals surface area contributed by atoms with E-state index in [2.05, 4.69) is 17.5 Å². The summed E-state index contributed by atoms with van der Waals surface area (Å²) < 4.78 is 1.25. The Kier molecular flexibility index (Phi) is 1.83. The second-order valence-corrected chi connectivity index (χ2v) is 4.89. The molecule has 0 spiro atoms. The summed E-state index contributed by atoms with van der Waals surface area (Å²) in [5.41, 5.74) is 1.23. The highest BCUT2D eigenvalue weighted by Crippen LogP contribution is 2.50. The molecule has 1 aliphatic carbocycles. The number of carbonyl (C=O) groups is 1. The van der Waals surface area contributed by atoms with Crippen molar-refractivity contribution in [3.05, 3.63) is 35.2 Å². The molecule has 0 aliphatic heterocycles. The molecule has 1 fully saturated rings. The second kappa shape index (κ2) is 3.07. The Morgan fingerprint density at radius 2 is 2.20 bits per heavy atom. The van der Waals surface area contributed by atoms with Gasteiger partial charge in [-0.2, -0.15) is 0 Å². The lowest BCUT2D eigenvalue weighted by atomic mass is 10.1. The van der Waals surface area contributed by atoms with E-state index in [1.54, 1.807) is 11.3 Å². The molecule has 0 bridgehead atoms. The van der Waals surface area contributed by atoms with Crippen molar-refractivity contribution in [3.63, 3.8) is 0 Å². The van der Waals surface area contributed by atoms with Crippen molar-refractivity contribution < 1.29 is 9.90 Å².